The normalized spacial score (nSPS) is 11.4. The van der Waals surface area contributed by atoms with Crippen LogP contribution in [-0.4, -0.2) is 45.0 Å². The molecule has 4 aromatic rings. The summed E-state index contributed by atoms with van der Waals surface area (Å²) in [4.78, 5) is 16.5. The van der Waals surface area contributed by atoms with Crippen LogP contribution in [0, 0.1) is 0 Å². The average molecular weight is 483 g/mol. The summed E-state index contributed by atoms with van der Waals surface area (Å²) in [7, 11) is 3.12. The maximum atomic E-state index is 12.0. The molecule has 8 nitrogen and oxygen atoms in total. The van der Waals surface area contributed by atoms with Crippen LogP contribution in [0.15, 0.2) is 70.9 Å². The van der Waals surface area contributed by atoms with Gasteiger partial charge in [-0.15, -0.1) is 5.10 Å². The van der Waals surface area contributed by atoms with Crippen LogP contribution in [0.5, 0.6) is 11.5 Å². The van der Waals surface area contributed by atoms with Crippen LogP contribution in [0.25, 0.3) is 23.2 Å². The molecule has 0 saturated carbocycles. The van der Waals surface area contributed by atoms with Crippen LogP contribution in [0.3, 0.4) is 0 Å². The summed E-state index contributed by atoms with van der Waals surface area (Å²) in [5.74, 6) is 0.579. The number of thioether (sulfide) groups is 1. The lowest BCUT2D eigenvalue weighted by molar-refractivity contribution is -0.131. The topological polar surface area (TPSA) is 102 Å². The first-order valence-corrected chi connectivity index (χ1v) is 10.9. The number of nitrogens with one attached hydrogen (secondary N) is 1. The van der Waals surface area contributed by atoms with Gasteiger partial charge in [0.25, 0.3) is 0 Å². The number of aromatic amines is 1. The quantitative estimate of drug-likeness (QED) is 0.264. The zero-order chi connectivity index (χ0) is 23.4. The van der Waals surface area contributed by atoms with Crippen molar-refractivity contribution in [2.75, 3.05) is 14.2 Å². The van der Waals surface area contributed by atoms with Gasteiger partial charge in [-0.2, -0.15) is 0 Å². The molecule has 0 atom stereocenters. The molecule has 168 valence electrons. The highest BCUT2D eigenvalue weighted by atomic mass is 35.5. The Labute approximate surface area is 198 Å². The number of rotatable bonds is 8. The van der Waals surface area contributed by atoms with E-state index in [1.165, 1.54) is 0 Å². The van der Waals surface area contributed by atoms with Crippen LogP contribution in [0.2, 0.25) is 5.02 Å². The molecule has 4 rings (SSSR count). The Morgan fingerprint density at radius 2 is 1.82 bits per heavy atom. The lowest BCUT2D eigenvalue weighted by Crippen LogP contribution is -2.00. The highest BCUT2D eigenvalue weighted by molar-refractivity contribution is 8.04. The Kier molecular flexibility index (Phi) is 6.71. The van der Waals surface area contributed by atoms with Crippen LogP contribution in [0.4, 0.5) is 0 Å². The van der Waals surface area contributed by atoms with Crippen molar-refractivity contribution in [3.8, 4) is 28.6 Å². The number of carbonyl (C=O) groups is 1. The van der Waals surface area contributed by atoms with E-state index in [0.29, 0.717) is 33.6 Å². The fraction of sp³-hybridized carbons (Fsp3) is 0.0870. The Morgan fingerprint density at radius 1 is 1.12 bits per heavy atom. The number of H-pyrrole nitrogens is 1. The number of hydrogen-bond acceptors (Lipinski definition) is 6. The maximum absolute atomic E-state index is 12.0. The molecule has 2 aromatic heterocycles. The standard InChI is InChI=1S/C23H19ClN4O4S/c1-31-18-10-14(11-19(13-18)32-2)21-25-23(27-26-21)33-20(22(29)30)12-17-4-3-9-28(17)16-7-5-15(24)6-8-16/h3-13H,1-2H3,(H,29,30)(H,25,26,27)/b20-12-. The summed E-state index contributed by atoms with van der Waals surface area (Å²) < 4.78 is 12.4. The molecule has 0 saturated heterocycles. The molecule has 0 bridgehead atoms. The van der Waals surface area contributed by atoms with Gasteiger partial charge in [0, 0.05) is 34.2 Å². The first-order chi connectivity index (χ1) is 16.0. The largest absolute Gasteiger partial charge is 0.497 e. The van der Waals surface area contributed by atoms with Gasteiger partial charge in [0.15, 0.2) is 5.82 Å². The summed E-state index contributed by atoms with van der Waals surface area (Å²) in [5, 5.41) is 17.7. The number of carboxylic acid groups (broad SMARTS) is 1. The second kappa shape index (κ2) is 9.85. The molecule has 0 amide bonds. The van der Waals surface area contributed by atoms with Crippen molar-refractivity contribution in [2.45, 2.75) is 5.16 Å². The highest BCUT2D eigenvalue weighted by Crippen LogP contribution is 2.31. The van der Waals surface area contributed by atoms with Gasteiger partial charge in [-0.3, -0.25) is 5.10 Å². The van der Waals surface area contributed by atoms with Gasteiger partial charge < -0.3 is 19.1 Å². The molecule has 0 aliphatic heterocycles. The molecule has 2 aromatic carbocycles. The molecule has 2 N–H and O–H groups in total. The van der Waals surface area contributed by atoms with E-state index in [9.17, 15) is 9.90 Å². The number of halogens is 1. The molecule has 0 unspecified atom stereocenters. The van der Waals surface area contributed by atoms with Crippen molar-refractivity contribution in [1.82, 2.24) is 19.7 Å². The monoisotopic (exact) mass is 482 g/mol. The summed E-state index contributed by atoms with van der Waals surface area (Å²) in [6, 6.07) is 16.2. The molecule has 0 spiro atoms. The van der Waals surface area contributed by atoms with E-state index in [4.69, 9.17) is 21.1 Å². The summed E-state index contributed by atoms with van der Waals surface area (Å²) in [6.07, 6.45) is 3.42. The number of aliphatic carboxylic acids is 1. The van der Waals surface area contributed by atoms with Crippen LogP contribution in [-0.2, 0) is 4.79 Å². The summed E-state index contributed by atoms with van der Waals surface area (Å²) in [6.45, 7) is 0. The van der Waals surface area contributed by atoms with E-state index >= 15 is 0 Å². The van der Waals surface area contributed by atoms with E-state index in [1.807, 2.05) is 35.0 Å². The number of aromatic nitrogens is 4. The number of ether oxygens (including phenoxy) is 2. The second-order valence-electron chi connectivity index (χ2n) is 6.76. The SMILES string of the molecule is COc1cc(OC)cc(-c2nc(S/C(=C\c3cccn3-c3ccc(Cl)cc3)C(=O)O)n[nH]2)c1. The van der Waals surface area contributed by atoms with Crippen LogP contribution >= 0.6 is 23.4 Å². The van der Waals surface area contributed by atoms with Crippen molar-refractivity contribution in [1.29, 1.82) is 0 Å². The number of nitrogens with zero attached hydrogens (tertiary/aromatic N) is 3. The van der Waals surface area contributed by atoms with E-state index in [2.05, 4.69) is 15.2 Å². The van der Waals surface area contributed by atoms with Gasteiger partial charge in [-0.05, 0) is 66.4 Å². The Balaban J connectivity index is 1.62. The lowest BCUT2D eigenvalue weighted by atomic mass is 10.2. The molecule has 10 heteroatoms. The number of carboxylic acids is 1. The number of hydrogen-bond donors (Lipinski definition) is 2. The van der Waals surface area contributed by atoms with Gasteiger partial charge in [0.1, 0.15) is 16.4 Å². The van der Waals surface area contributed by atoms with Gasteiger partial charge >= 0.3 is 5.97 Å². The van der Waals surface area contributed by atoms with E-state index in [0.717, 1.165) is 17.4 Å². The van der Waals surface area contributed by atoms with E-state index in [-0.39, 0.29) is 10.1 Å². The van der Waals surface area contributed by atoms with Gasteiger partial charge in [-0.1, -0.05) is 11.6 Å². The molecule has 0 radical (unpaired) electrons. The summed E-state index contributed by atoms with van der Waals surface area (Å²) >= 11 is 6.92. The molecular weight excluding hydrogens is 464 g/mol. The minimum Gasteiger partial charge on any atom is -0.497 e. The van der Waals surface area contributed by atoms with Gasteiger partial charge in [0.05, 0.1) is 14.2 Å². The zero-order valence-corrected chi connectivity index (χ0v) is 19.2. The van der Waals surface area contributed by atoms with Crippen molar-refractivity contribution < 1.29 is 19.4 Å². The smallest absolute Gasteiger partial charge is 0.342 e. The first-order valence-electron chi connectivity index (χ1n) is 9.69. The fourth-order valence-electron chi connectivity index (χ4n) is 3.08. The van der Waals surface area contributed by atoms with Crippen molar-refractivity contribution >= 4 is 35.4 Å². The number of benzene rings is 2. The third-order valence-corrected chi connectivity index (χ3v) is 5.80. The van der Waals surface area contributed by atoms with Crippen molar-refractivity contribution in [2.24, 2.45) is 0 Å². The fourth-order valence-corrected chi connectivity index (χ4v) is 3.90. The third kappa shape index (κ3) is 5.21. The molecule has 2 heterocycles. The molecule has 0 aliphatic rings. The zero-order valence-electron chi connectivity index (χ0n) is 17.7. The Bertz CT molecular complexity index is 1290. The van der Waals surface area contributed by atoms with Crippen molar-refractivity contribution in [3.63, 3.8) is 0 Å². The predicted octanol–water partition coefficient (Wildman–Crippen LogP) is 5.15. The average Bonchev–Trinajstić information content (AvgIpc) is 3.48. The summed E-state index contributed by atoms with van der Waals surface area (Å²) in [5.41, 5.74) is 2.25. The maximum Gasteiger partial charge on any atom is 0.342 e. The first kappa shape index (κ1) is 22.5. The predicted molar refractivity (Wildman–Crippen MR) is 127 cm³/mol. The van der Waals surface area contributed by atoms with Crippen molar-refractivity contribution in [3.05, 3.63) is 76.4 Å². The van der Waals surface area contributed by atoms with E-state index < -0.39 is 5.97 Å². The number of methoxy groups -OCH3 is 2. The third-order valence-electron chi connectivity index (χ3n) is 4.67. The van der Waals surface area contributed by atoms with Crippen LogP contribution < -0.4 is 9.47 Å². The van der Waals surface area contributed by atoms with E-state index in [1.54, 1.807) is 50.6 Å². The molecule has 33 heavy (non-hydrogen) atoms. The minimum atomic E-state index is -1.08. The Hall–Kier alpha value is -3.69. The lowest BCUT2D eigenvalue weighted by Gasteiger charge is -2.07. The highest BCUT2D eigenvalue weighted by Gasteiger charge is 2.16. The molecular formula is C23H19ClN4O4S. The molecule has 0 fully saturated rings. The van der Waals surface area contributed by atoms with Gasteiger partial charge in [-0.25, -0.2) is 9.78 Å². The second-order valence-corrected chi connectivity index (χ2v) is 8.21. The molecule has 0 aliphatic carbocycles. The van der Waals surface area contributed by atoms with Crippen LogP contribution in [0.1, 0.15) is 5.69 Å². The van der Waals surface area contributed by atoms with Gasteiger partial charge in [0.2, 0.25) is 5.16 Å². The Morgan fingerprint density at radius 3 is 2.45 bits per heavy atom. The minimum absolute atomic E-state index is 0.0673.